The molecule has 0 radical (unpaired) electrons. The second kappa shape index (κ2) is 12.5. The molecule has 49 heavy (non-hydrogen) atoms. The van der Waals surface area contributed by atoms with Crippen LogP contribution in [0.15, 0.2) is 194 Å². The molecule has 0 aliphatic carbocycles. The second-order valence-corrected chi connectivity index (χ2v) is 13.2. The summed E-state index contributed by atoms with van der Waals surface area (Å²) in [5.74, 6) is 0. The standard InChI is InChI=1S/C46H32N2S/c1-5-16-33(17-6-1)35-19-15-26-39(32-35)47(36-20-7-2-8-21-36)42-30-29-41-44-40-27-14-13-18-34(40)28-31-43(44)49-46(41)45(42)48(37-22-9-3-10-23-37)38-24-11-4-12-25-38/h1-32H. The molecule has 0 unspecified atom stereocenters. The summed E-state index contributed by atoms with van der Waals surface area (Å²) in [5, 5.41) is 5.11. The molecule has 0 saturated carbocycles. The monoisotopic (exact) mass is 644 g/mol. The fraction of sp³-hybridized carbons (Fsp3) is 0. The van der Waals surface area contributed by atoms with Gasteiger partial charge in [-0.25, -0.2) is 0 Å². The van der Waals surface area contributed by atoms with E-state index in [1.807, 2.05) is 11.3 Å². The van der Waals surface area contributed by atoms with Gasteiger partial charge in [0.05, 0.1) is 16.1 Å². The first kappa shape index (κ1) is 29.0. The lowest BCUT2D eigenvalue weighted by Crippen LogP contribution is -2.17. The first-order valence-corrected chi connectivity index (χ1v) is 17.4. The Morgan fingerprint density at radius 2 is 0.918 bits per heavy atom. The van der Waals surface area contributed by atoms with E-state index in [1.165, 1.54) is 42.1 Å². The summed E-state index contributed by atoms with van der Waals surface area (Å²) in [6.45, 7) is 0. The van der Waals surface area contributed by atoms with Gasteiger partial charge < -0.3 is 9.80 Å². The molecule has 0 amide bonds. The maximum atomic E-state index is 2.44. The molecule has 0 spiro atoms. The third-order valence-electron chi connectivity index (χ3n) is 9.20. The largest absolute Gasteiger partial charge is 0.308 e. The summed E-state index contributed by atoms with van der Waals surface area (Å²) < 4.78 is 2.53. The zero-order chi connectivity index (χ0) is 32.6. The van der Waals surface area contributed by atoms with Crippen LogP contribution < -0.4 is 9.80 Å². The van der Waals surface area contributed by atoms with E-state index < -0.39 is 0 Å². The summed E-state index contributed by atoms with van der Waals surface area (Å²) in [5.41, 5.74) is 9.03. The van der Waals surface area contributed by atoms with E-state index in [-0.39, 0.29) is 0 Å². The van der Waals surface area contributed by atoms with Crippen LogP contribution in [0.5, 0.6) is 0 Å². The highest BCUT2D eigenvalue weighted by Crippen LogP contribution is 2.53. The number of para-hydroxylation sites is 3. The normalized spacial score (nSPS) is 11.3. The summed E-state index contributed by atoms with van der Waals surface area (Å²) >= 11 is 1.87. The zero-order valence-corrected chi connectivity index (χ0v) is 27.6. The number of fused-ring (bicyclic) bond motifs is 5. The molecule has 0 aliphatic heterocycles. The molecule has 1 aromatic heterocycles. The van der Waals surface area contributed by atoms with Gasteiger partial charge in [-0.3, -0.25) is 0 Å². The molecule has 0 aliphatic rings. The SMILES string of the molecule is c1ccc(-c2cccc(N(c3ccccc3)c3ccc4c(sc5ccc6ccccc6c54)c3N(c3ccccc3)c3ccccc3)c2)cc1. The first-order valence-electron chi connectivity index (χ1n) is 16.6. The Labute approximate surface area is 290 Å². The molecule has 8 aromatic carbocycles. The van der Waals surface area contributed by atoms with Crippen LogP contribution in [0.3, 0.4) is 0 Å². The fourth-order valence-corrected chi connectivity index (χ4v) is 8.25. The molecule has 0 fully saturated rings. The Hall–Kier alpha value is -6.16. The lowest BCUT2D eigenvalue weighted by molar-refractivity contribution is 1.24. The van der Waals surface area contributed by atoms with Crippen molar-refractivity contribution in [3.63, 3.8) is 0 Å². The van der Waals surface area contributed by atoms with Gasteiger partial charge in [0.2, 0.25) is 0 Å². The van der Waals surface area contributed by atoms with Crippen molar-refractivity contribution >= 4 is 76.4 Å². The van der Waals surface area contributed by atoms with Crippen molar-refractivity contribution in [3.05, 3.63) is 194 Å². The van der Waals surface area contributed by atoms with Gasteiger partial charge in [0.15, 0.2) is 0 Å². The van der Waals surface area contributed by atoms with Gasteiger partial charge >= 0.3 is 0 Å². The first-order chi connectivity index (χ1) is 24.3. The van der Waals surface area contributed by atoms with Gasteiger partial charge in [0.25, 0.3) is 0 Å². The zero-order valence-electron chi connectivity index (χ0n) is 26.8. The molecular weight excluding hydrogens is 613 g/mol. The van der Waals surface area contributed by atoms with Crippen molar-refractivity contribution < 1.29 is 0 Å². The van der Waals surface area contributed by atoms with Crippen LogP contribution in [0.1, 0.15) is 0 Å². The number of rotatable bonds is 7. The van der Waals surface area contributed by atoms with E-state index in [0.29, 0.717) is 0 Å². The third-order valence-corrected chi connectivity index (χ3v) is 10.4. The minimum atomic E-state index is 1.10. The van der Waals surface area contributed by atoms with Gasteiger partial charge in [-0.15, -0.1) is 11.3 Å². The van der Waals surface area contributed by atoms with Crippen LogP contribution in [0.4, 0.5) is 34.1 Å². The highest BCUT2D eigenvalue weighted by atomic mass is 32.1. The number of nitrogens with zero attached hydrogens (tertiary/aromatic N) is 2. The van der Waals surface area contributed by atoms with Crippen LogP contribution in [-0.4, -0.2) is 0 Å². The van der Waals surface area contributed by atoms with Crippen molar-refractivity contribution in [2.24, 2.45) is 0 Å². The van der Waals surface area contributed by atoms with E-state index in [2.05, 4.69) is 204 Å². The second-order valence-electron chi connectivity index (χ2n) is 12.2. The van der Waals surface area contributed by atoms with E-state index in [1.54, 1.807) is 0 Å². The lowest BCUT2D eigenvalue weighted by atomic mass is 10.0. The molecule has 1 heterocycles. The van der Waals surface area contributed by atoms with E-state index in [9.17, 15) is 0 Å². The average Bonchev–Trinajstić information content (AvgIpc) is 3.57. The maximum Gasteiger partial charge on any atom is 0.0883 e. The molecule has 232 valence electrons. The average molecular weight is 645 g/mol. The van der Waals surface area contributed by atoms with Crippen LogP contribution in [-0.2, 0) is 0 Å². The Balaban J connectivity index is 1.40. The third kappa shape index (κ3) is 5.22. The minimum absolute atomic E-state index is 1.10. The molecule has 0 N–H and O–H groups in total. The number of hydrogen-bond acceptors (Lipinski definition) is 3. The lowest BCUT2D eigenvalue weighted by Gasteiger charge is -2.33. The van der Waals surface area contributed by atoms with Gasteiger partial charge in [-0.1, -0.05) is 133 Å². The van der Waals surface area contributed by atoms with Crippen molar-refractivity contribution in [1.29, 1.82) is 0 Å². The van der Waals surface area contributed by atoms with Crippen LogP contribution >= 0.6 is 11.3 Å². The Morgan fingerprint density at radius 3 is 1.59 bits per heavy atom. The van der Waals surface area contributed by atoms with Crippen molar-refractivity contribution in [2.75, 3.05) is 9.80 Å². The number of thiophene rings is 1. The van der Waals surface area contributed by atoms with Gasteiger partial charge in [-0.2, -0.15) is 0 Å². The molecule has 3 heteroatoms. The maximum absolute atomic E-state index is 2.44. The quantitative estimate of drug-likeness (QED) is 0.170. The van der Waals surface area contributed by atoms with Crippen molar-refractivity contribution in [2.45, 2.75) is 0 Å². The number of hydrogen-bond donors (Lipinski definition) is 0. The van der Waals surface area contributed by atoms with E-state index in [4.69, 9.17) is 0 Å². The molecular formula is C46H32N2S. The highest BCUT2D eigenvalue weighted by molar-refractivity contribution is 7.26. The molecule has 0 saturated heterocycles. The number of anilines is 6. The predicted octanol–water partition coefficient (Wildman–Crippen LogP) is 13.8. The predicted molar refractivity (Wildman–Crippen MR) is 212 cm³/mol. The Kier molecular flexibility index (Phi) is 7.38. The Bertz CT molecular complexity index is 2500. The van der Waals surface area contributed by atoms with Crippen LogP contribution in [0, 0.1) is 0 Å². The molecule has 2 nitrogen and oxygen atoms in total. The minimum Gasteiger partial charge on any atom is -0.308 e. The summed E-state index contributed by atoms with van der Waals surface area (Å²) in [7, 11) is 0. The van der Waals surface area contributed by atoms with Crippen LogP contribution in [0.2, 0.25) is 0 Å². The van der Waals surface area contributed by atoms with E-state index >= 15 is 0 Å². The topological polar surface area (TPSA) is 6.48 Å². The summed E-state index contributed by atoms with van der Waals surface area (Å²) in [6.07, 6.45) is 0. The molecule has 9 rings (SSSR count). The summed E-state index contributed by atoms with van der Waals surface area (Å²) in [6, 6.07) is 69.8. The van der Waals surface area contributed by atoms with Gasteiger partial charge in [0.1, 0.15) is 0 Å². The van der Waals surface area contributed by atoms with Crippen molar-refractivity contribution in [3.8, 4) is 11.1 Å². The Morgan fingerprint density at radius 1 is 0.367 bits per heavy atom. The molecule has 9 aromatic rings. The molecule has 0 atom stereocenters. The summed E-state index contributed by atoms with van der Waals surface area (Å²) in [4.78, 5) is 4.86. The smallest absolute Gasteiger partial charge is 0.0883 e. The van der Waals surface area contributed by atoms with Gasteiger partial charge in [0, 0.05) is 38.2 Å². The van der Waals surface area contributed by atoms with Crippen molar-refractivity contribution in [1.82, 2.24) is 0 Å². The van der Waals surface area contributed by atoms with E-state index in [0.717, 1.165) is 34.1 Å². The highest BCUT2D eigenvalue weighted by Gasteiger charge is 2.26. The van der Waals surface area contributed by atoms with Gasteiger partial charge in [-0.05, 0) is 82.6 Å². The molecule has 0 bridgehead atoms. The fourth-order valence-electron chi connectivity index (χ4n) is 7.00. The number of benzene rings is 8. The van der Waals surface area contributed by atoms with Crippen LogP contribution in [0.25, 0.3) is 42.1 Å².